The van der Waals surface area contributed by atoms with Gasteiger partial charge in [-0.2, -0.15) is 0 Å². The van der Waals surface area contributed by atoms with Gasteiger partial charge in [-0.15, -0.1) is 0 Å². The minimum absolute atomic E-state index is 0.123. The van der Waals surface area contributed by atoms with Crippen molar-refractivity contribution in [3.63, 3.8) is 0 Å². The summed E-state index contributed by atoms with van der Waals surface area (Å²) in [6, 6.07) is 13.9. The molecular formula is C21H24ClN3O2. The third-order valence-electron chi connectivity index (χ3n) is 5.32. The molecule has 142 valence electrons. The van der Waals surface area contributed by atoms with Crippen LogP contribution in [0.5, 0.6) is 11.5 Å². The van der Waals surface area contributed by atoms with E-state index in [1.54, 1.807) is 0 Å². The van der Waals surface area contributed by atoms with Crippen molar-refractivity contribution >= 4 is 17.4 Å². The maximum Gasteiger partial charge on any atom is 0.164 e. The van der Waals surface area contributed by atoms with E-state index in [4.69, 9.17) is 32.2 Å². The Hall–Kier alpha value is -2.24. The molecule has 27 heavy (non-hydrogen) atoms. The molecule has 2 aliphatic heterocycles. The second-order valence-corrected chi connectivity index (χ2v) is 7.66. The molecule has 1 fully saturated rings. The van der Waals surface area contributed by atoms with Gasteiger partial charge in [-0.3, -0.25) is 10.3 Å². The Morgan fingerprint density at radius 1 is 1.15 bits per heavy atom. The van der Waals surface area contributed by atoms with E-state index < -0.39 is 0 Å². The Bertz CT molecular complexity index is 817. The van der Waals surface area contributed by atoms with Crippen molar-refractivity contribution in [1.82, 2.24) is 4.90 Å². The number of halogens is 1. The second-order valence-electron chi connectivity index (χ2n) is 7.22. The van der Waals surface area contributed by atoms with Crippen molar-refractivity contribution in [3.8, 4) is 11.5 Å². The van der Waals surface area contributed by atoms with Crippen molar-refractivity contribution in [1.29, 1.82) is 5.41 Å². The number of hydrogen-bond donors (Lipinski definition) is 2. The molecule has 1 saturated heterocycles. The molecule has 2 heterocycles. The van der Waals surface area contributed by atoms with Gasteiger partial charge in [0, 0.05) is 10.6 Å². The Morgan fingerprint density at radius 2 is 1.89 bits per heavy atom. The highest BCUT2D eigenvalue weighted by atomic mass is 35.5. The number of rotatable bonds is 4. The molecule has 0 aliphatic carbocycles. The maximum absolute atomic E-state index is 7.46. The Kier molecular flexibility index (Phi) is 5.23. The largest absolute Gasteiger partial charge is 0.485 e. The lowest BCUT2D eigenvalue weighted by atomic mass is 9.88. The van der Waals surface area contributed by atoms with E-state index in [9.17, 15) is 0 Å². The van der Waals surface area contributed by atoms with Gasteiger partial charge in [0.2, 0.25) is 0 Å². The molecular weight excluding hydrogens is 362 g/mol. The van der Waals surface area contributed by atoms with E-state index in [0.29, 0.717) is 24.1 Å². The quantitative estimate of drug-likeness (QED) is 0.617. The van der Waals surface area contributed by atoms with Crippen LogP contribution in [0.1, 0.15) is 36.0 Å². The van der Waals surface area contributed by atoms with Gasteiger partial charge in [0.1, 0.15) is 12.4 Å². The minimum atomic E-state index is -0.123. The number of ether oxygens (including phenoxy) is 2. The summed E-state index contributed by atoms with van der Waals surface area (Å²) in [6.45, 7) is 2.95. The summed E-state index contributed by atoms with van der Waals surface area (Å²) in [5.41, 5.74) is 7.82. The summed E-state index contributed by atoms with van der Waals surface area (Å²) in [4.78, 5) is 2.24. The van der Waals surface area contributed by atoms with Crippen LogP contribution in [0, 0.1) is 5.41 Å². The topological polar surface area (TPSA) is 71.6 Å². The molecule has 6 heteroatoms. The smallest absolute Gasteiger partial charge is 0.164 e. The molecule has 3 N–H and O–H groups in total. The predicted octanol–water partition coefficient (Wildman–Crippen LogP) is 3.97. The van der Waals surface area contributed by atoms with Crippen molar-refractivity contribution in [2.75, 3.05) is 26.2 Å². The summed E-state index contributed by atoms with van der Waals surface area (Å²) < 4.78 is 12.4. The number of piperidine rings is 1. The van der Waals surface area contributed by atoms with E-state index in [0.717, 1.165) is 43.0 Å². The van der Waals surface area contributed by atoms with Gasteiger partial charge in [-0.25, -0.2) is 0 Å². The second kappa shape index (κ2) is 7.79. The molecule has 1 atom stereocenters. The zero-order valence-electron chi connectivity index (χ0n) is 15.2. The minimum Gasteiger partial charge on any atom is -0.485 e. The van der Waals surface area contributed by atoms with Gasteiger partial charge >= 0.3 is 0 Å². The highest BCUT2D eigenvalue weighted by Crippen LogP contribution is 2.44. The highest BCUT2D eigenvalue weighted by molar-refractivity contribution is 6.30. The van der Waals surface area contributed by atoms with Gasteiger partial charge in [0.25, 0.3) is 0 Å². The average molecular weight is 386 g/mol. The molecule has 0 saturated carbocycles. The lowest BCUT2D eigenvalue weighted by molar-refractivity contribution is 0.0890. The Labute approximate surface area is 164 Å². The number of amidine groups is 1. The Morgan fingerprint density at radius 3 is 2.59 bits per heavy atom. The Balaban J connectivity index is 1.48. The molecule has 0 amide bonds. The lowest BCUT2D eigenvalue weighted by Gasteiger charge is -2.34. The molecule has 0 aromatic heterocycles. The van der Waals surface area contributed by atoms with Gasteiger partial charge < -0.3 is 15.2 Å². The number of likely N-dealkylation sites (tertiary alicyclic amines) is 1. The first kappa shape index (κ1) is 18.1. The maximum atomic E-state index is 7.46. The summed E-state index contributed by atoms with van der Waals surface area (Å²) in [5, 5.41) is 8.18. The van der Waals surface area contributed by atoms with Crippen LogP contribution in [0.15, 0.2) is 42.5 Å². The molecule has 2 aromatic carbocycles. The van der Waals surface area contributed by atoms with Crippen LogP contribution in [0.25, 0.3) is 0 Å². The van der Waals surface area contributed by atoms with E-state index in [-0.39, 0.29) is 11.9 Å². The van der Waals surface area contributed by atoms with Gasteiger partial charge in [-0.05, 0) is 55.6 Å². The fraction of sp³-hybridized carbons (Fsp3) is 0.381. The van der Waals surface area contributed by atoms with Crippen LogP contribution in [-0.4, -0.2) is 37.0 Å². The van der Waals surface area contributed by atoms with Crippen molar-refractivity contribution in [2.45, 2.75) is 24.9 Å². The third kappa shape index (κ3) is 4.04. The standard InChI is InChI=1S/C21H24ClN3O2/c22-16-6-4-15(5-7-16)19-13-26-21-17(2-1-3-18(21)27-19)14-8-10-25(11-9-14)12-20(23)24/h1-7,14,19H,8-13H2,(H3,23,24)/t19-/m0/s1. The van der Waals surface area contributed by atoms with Crippen molar-refractivity contribution < 1.29 is 9.47 Å². The number of nitrogens with two attached hydrogens (primary N) is 1. The van der Waals surface area contributed by atoms with Crippen molar-refractivity contribution in [3.05, 3.63) is 58.6 Å². The summed E-state index contributed by atoms with van der Waals surface area (Å²) in [5.74, 6) is 2.37. The molecule has 0 bridgehead atoms. The molecule has 0 unspecified atom stereocenters. The molecule has 5 nitrogen and oxygen atoms in total. The number of benzene rings is 2. The number of nitrogens with one attached hydrogen (secondary N) is 1. The average Bonchev–Trinajstić information content (AvgIpc) is 2.68. The first-order chi connectivity index (χ1) is 13.1. The zero-order chi connectivity index (χ0) is 18.8. The lowest BCUT2D eigenvalue weighted by Crippen LogP contribution is -2.39. The predicted molar refractivity (Wildman–Crippen MR) is 107 cm³/mol. The van der Waals surface area contributed by atoms with E-state index in [1.165, 1.54) is 5.56 Å². The fourth-order valence-electron chi connectivity index (χ4n) is 3.93. The number of hydrogen-bond acceptors (Lipinski definition) is 4. The third-order valence-corrected chi connectivity index (χ3v) is 5.57. The van der Waals surface area contributed by atoms with E-state index in [1.807, 2.05) is 36.4 Å². The van der Waals surface area contributed by atoms with Crippen molar-refractivity contribution in [2.24, 2.45) is 5.73 Å². The van der Waals surface area contributed by atoms with E-state index in [2.05, 4.69) is 11.0 Å². The first-order valence-electron chi connectivity index (χ1n) is 9.33. The van der Waals surface area contributed by atoms with Crippen LogP contribution >= 0.6 is 11.6 Å². The van der Waals surface area contributed by atoms with Crippen LogP contribution in [0.4, 0.5) is 0 Å². The molecule has 0 radical (unpaired) electrons. The summed E-state index contributed by atoms with van der Waals surface area (Å²) in [6.07, 6.45) is 1.95. The summed E-state index contributed by atoms with van der Waals surface area (Å²) >= 11 is 5.98. The SMILES string of the molecule is N=C(N)CN1CCC(c2cccc3c2OC[C@@H](c2ccc(Cl)cc2)O3)CC1. The summed E-state index contributed by atoms with van der Waals surface area (Å²) in [7, 11) is 0. The van der Waals surface area contributed by atoms with Crippen LogP contribution in [-0.2, 0) is 0 Å². The van der Waals surface area contributed by atoms with Crippen LogP contribution in [0.3, 0.4) is 0 Å². The van der Waals surface area contributed by atoms with Crippen LogP contribution < -0.4 is 15.2 Å². The highest BCUT2D eigenvalue weighted by Gasteiger charge is 2.29. The van der Waals surface area contributed by atoms with Crippen LogP contribution in [0.2, 0.25) is 5.02 Å². The van der Waals surface area contributed by atoms with Gasteiger partial charge in [0.05, 0.1) is 6.54 Å². The first-order valence-corrected chi connectivity index (χ1v) is 9.71. The molecule has 2 aromatic rings. The fourth-order valence-corrected chi connectivity index (χ4v) is 4.06. The number of fused-ring (bicyclic) bond motifs is 1. The number of para-hydroxylation sites is 1. The van der Waals surface area contributed by atoms with Gasteiger partial charge in [0.15, 0.2) is 17.6 Å². The van der Waals surface area contributed by atoms with Gasteiger partial charge in [-0.1, -0.05) is 35.9 Å². The molecule has 0 spiro atoms. The van der Waals surface area contributed by atoms with E-state index >= 15 is 0 Å². The zero-order valence-corrected chi connectivity index (χ0v) is 15.9. The molecule has 2 aliphatic rings. The number of nitrogens with zero attached hydrogens (tertiary/aromatic N) is 1. The molecule has 4 rings (SSSR count). The normalized spacial score (nSPS) is 20.4. The monoisotopic (exact) mass is 385 g/mol.